The summed E-state index contributed by atoms with van der Waals surface area (Å²) in [5, 5.41) is 29.4. The molecule has 1 unspecified atom stereocenters. The SMILES string of the molecule is N#CCCC(C#N)CSc1nnc(-c2cccs2)n1C1CC1. The van der Waals surface area contributed by atoms with Crippen LogP contribution in [0.2, 0.25) is 0 Å². The number of nitriles is 2. The van der Waals surface area contributed by atoms with Crippen LogP contribution in [0.1, 0.15) is 31.7 Å². The Hall–Kier alpha value is -1.83. The third-order valence-electron chi connectivity index (χ3n) is 3.52. The molecule has 1 aliphatic carbocycles. The summed E-state index contributed by atoms with van der Waals surface area (Å²) >= 11 is 3.25. The lowest BCUT2D eigenvalue weighted by Gasteiger charge is -2.09. The van der Waals surface area contributed by atoms with Crippen molar-refractivity contribution in [2.45, 2.75) is 36.9 Å². The van der Waals surface area contributed by atoms with Crippen molar-refractivity contribution in [2.24, 2.45) is 5.92 Å². The molecule has 1 saturated carbocycles. The minimum Gasteiger partial charge on any atom is -0.298 e. The average molecular weight is 329 g/mol. The molecule has 0 amide bonds. The number of thioether (sulfide) groups is 1. The van der Waals surface area contributed by atoms with Gasteiger partial charge in [-0.05, 0) is 30.7 Å². The summed E-state index contributed by atoms with van der Waals surface area (Å²) in [7, 11) is 0. The second kappa shape index (κ2) is 6.95. The van der Waals surface area contributed by atoms with Gasteiger partial charge in [0.05, 0.1) is 22.9 Å². The van der Waals surface area contributed by atoms with E-state index in [-0.39, 0.29) is 5.92 Å². The molecule has 3 rings (SSSR count). The number of nitrogens with zero attached hydrogens (tertiary/aromatic N) is 5. The summed E-state index contributed by atoms with van der Waals surface area (Å²) in [5.74, 6) is 1.48. The fraction of sp³-hybridized carbons (Fsp3) is 0.467. The van der Waals surface area contributed by atoms with E-state index in [0.717, 1.165) is 15.9 Å². The maximum Gasteiger partial charge on any atom is 0.191 e. The number of thiophene rings is 1. The molecule has 0 aromatic carbocycles. The van der Waals surface area contributed by atoms with Crippen molar-refractivity contribution in [3.63, 3.8) is 0 Å². The number of rotatable bonds is 7. The smallest absolute Gasteiger partial charge is 0.191 e. The molecule has 0 N–H and O–H groups in total. The monoisotopic (exact) mass is 329 g/mol. The van der Waals surface area contributed by atoms with E-state index in [1.807, 2.05) is 11.4 Å². The van der Waals surface area contributed by atoms with E-state index in [0.29, 0.717) is 24.6 Å². The van der Waals surface area contributed by atoms with Gasteiger partial charge in [0.15, 0.2) is 11.0 Å². The van der Waals surface area contributed by atoms with Gasteiger partial charge in [0, 0.05) is 18.2 Å². The van der Waals surface area contributed by atoms with Crippen molar-refractivity contribution < 1.29 is 0 Å². The van der Waals surface area contributed by atoms with Crippen LogP contribution in [0.4, 0.5) is 0 Å². The molecular formula is C15H15N5S2. The largest absolute Gasteiger partial charge is 0.298 e. The van der Waals surface area contributed by atoms with E-state index in [2.05, 4.69) is 33.0 Å². The van der Waals surface area contributed by atoms with Crippen molar-refractivity contribution >= 4 is 23.1 Å². The third-order valence-corrected chi connectivity index (χ3v) is 5.49. The first-order valence-corrected chi connectivity index (χ1v) is 9.08. The lowest BCUT2D eigenvalue weighted by molar-refractivity contribution is 0.659. The standard InChI is InChI=1S/C15H15N5S2/c16-7-1-3-11(9-17)10-22-15-19-18-14(13-4-2-8-21-13)20(15)12-5-6-12/h2,4,8,11-12H,1,3,5-6,10H2. The highest BCUT2D eigenvalue weighted by atomic mass is 32.2. The Balaban J connectivity index is 1.74. The second-order valence-corrected chi connectivity index (χ2v) is 7.15. The highest BCUT2D eigenvalue weighted by Crippen LogP contribution is 2.42. The number of hydrogen-bond acceptors (Lipinski definition) is 6. The zero-order chi connectivity index (χ0) is 15.4. The molecule has 112 valence electrons. The van der Waals surface area contributed by atoms with Gasteiger partial charge < -0.3 is 0 Å². The number of aromatic nitrogens is 3. The van der Waals surface area contributed by atoms with Gasteiger partial charge in [-0.3, -0.25) is 4.57 Å². The molecule has 1 aliphatic rings. The Labute approximate surface area is 137 Å². The van der Waals surface area contributed by atoms with E-state index in [4.69, 9.17) is 10.5 Å². The van der Waals surface area contributed by atoms with Gasteiger partial charge in [-0.2, -0.15) is 10.5 Å². The molecule has 0 saturated heterocycles. The minimum atomic E-state index is -0.112. The van der Waals surface area contributed by atoms with Crippen molar-refractivity contribution in [1.82, 2.24) is 14.8 Å². The molecule has 1 atom stereocenters. The van der Waals surface area contributed by atoms with Crippen LogP contribution >= 0.6 is 23.1 Å². The summed E-state index contributed by atoms with van der Waals surface area (Å²) < 4.78 is 2.22. The molecule has 0 bridgehead atoms. The Morgan fingerprint density at radius 2 is 2.27 bits per heavy atom. The molecule has 1 fully saturated rings. The molecule has 7 heteroatoms. The first-order valence-electron chi connectivity index (χ1n) is 7.21. The normalized spacial score (nSPS) is 15.2. The van der Waals surface area contributed by atoms with Crippen molar-refractivity contribution in [3.05, 3.63) is 17.5 Å². The maximum absolute atomic E-state index is 9.16. The predicted octanol–water partition coefficient (Wildman–Crippen LogP) is 3.88. The van der Waals surface area contributed by atoms with Crippen LogP contribution in [0, 0.1) is 28.6 Å². The Bertz CT molecular complexity index is 703. The molecule has 5 nitrogen and oxygen atoms in total. The fourth-order valence-electron chi connectivity index (χ4n) is 2.21. The summed E-state index contributed by atoms with van der Waals surface area (Å²) in [6, 6.07) is 8.96. The van der Waals surface area contributed by atoms with Gasteiger partial charge in [0.2, 0.25) is 0 Å². The van der Waals surface area contributed by atoms with Gasteiger partial charge in [0.1, 0.15) is 0 Å². The zero-order valence-electron chi connectivity index (χ0n) is 12.0. The van der Waals surface area contributed by atoms with Crippen LogP contribution in [0.3, 0.4) is 0 Å². The Kier molecular flexibility index (Phi) is 4.77. The highest BCUT2D eigenvalue weighted by Gasteiger charge is 2.30. The molecule has 0 aliphatic heterocycles. The Morgan fingerprint density at radius 1 is 1.41 bits per heavy atom. The molecule has 2 heterocycles. The lowest BCUT2D eigenvalue weighted by Crippen LogP contribution is -2.03. The van der Waals surface area contributed by atoms with Gasteiger partial charge >= 0.3 is 0 Å². The van der Waals surface area contributed by atoms with Gasteiger partial charge in [-0.1, -0.05) is 17.8 Å². The van der Waals surface area contributed by atoms with Crippen molar-refractivity contribution in [2.75, 3.05) is 5.75 Å². The van der Waals surface area contributed by atoms with E-state index in [9.17, 15) is 0 Å². The topological polar surface area (TPSA) is 78.3 Å². The molecule has 0 spiro atoms. The molecule has 0 radical (unpaired) electrons. The number of hydrogen-bond donors (Lipinski definition) is 0. The van der Waals surface area contributed by atoms with E-state index in [1.54, 1.807) is 23.1 Å². The summed E-state index contributed by atoms with van der Waals surface area (Å²) in [4.78, 5) is 1.13. The van der Waals surface area contributed by atoms with E-state index >= 15 is 0 Å². The quantitative estimate of drug-likeness (QED) is 0.720. The lowest BCUT2D eigenvalue weighted by atomic mass is 10.1. The van der Waals surface area contributed by atoms with Gasteiger partial charge in [0.25, 0.3) is 0 Å². The molecular weight excluding hydrogens is 314 g/mol. The van der Waals surface area contributed by atoms with Gasteiger partial charge in [-0.25, -0.2) is 0 Å². The summed E-state index contributed by atoms with van der Waals surface area (Å²) in [6.45, 7) is 0. The Morgan fingerprint density at radius 3 is 2.91 bits per heavy atom. The third kappa shape index (κ3) is 3.32. The second-order valence-electron chi connectivity index (χ2n) is 5.22. The maximum atomic E-state index is 9.16. The van der Waals surface area contributed by atoms with Gasteiger partial charge in [-0.15, -0.1) is 21.5 Å². The molecule has 22 heavy (non-hydrogen) atoms. The van der Waals surface area contributed by atoms with Crippen LogP contribution in [0.5, 0.6) is 0 Å². The van der Waals surface area contributed by atoms with Crippen LogP contribution < -0.4 is 0 Å². The van der Waals surface area contributed by atoms with Crippen LogP contribution in [0.15, 0.2) is 22.7 Å². The average Bonchev–Trinajstić information content (AvgIpc) is 3.07. The van der Waals surface area contributed by atoms with Crippen molar-refractivity contribution in [3.8, 4) is 22.8 Å². The first-order chi connectivity index (χ1) is 10.8. The predicted molar refractivity (Wildman–Crippen MR) is 86.3 cm³/mol. The summed E-state index contributed by atoms with van der Waals surface area (Å²) in [6.07, 6.45) is 3.38. The van der Waals surface area contributed by atoms with Crippen LogP contribution in [-0.2, 0) is 0 Å². The zero-order valence-corrected chi connectivity index (χ0v) is 13.6. The summed E-state index contributed by atoms with van der Waals surface area (Å²) in [5.41, 5.74) is 0. The van der Waals surface area contributed by atoms with Crippen molar-refractivity contribution in [1.29, 1.82) is 10.5 Å². The fourth-order valence-corrected chi connectivity index (χ4v) is 3.98. The highest BCUT2D eigenvalue weighted by molar-refractivity contribution is 7.99. The van der Waals surface area contributed by atoms with Crippen LogP contribution in [0.25, 0.3) is 10.7 Å². The van der Waals surface area contributed by atoms with Crippen LogP contribution in [-0.4, -0.2) is 20.5 Å². The van der Waals surface area contributed by atoms with E-state index < -0.39 is 0 Å². The minimum absolute atomic E-state index is 0.112. The van der Waals surface area contributed by atoms with E-state index in [1.165, 1.54) is 12.8 Å². The first kappa shape index (κ1) is 15.1. The molecule has 2 aromatic rings. The molecule has 2 aromatic heterocycles.